The van der Waals surface area contributed by atoms with Crippen LogP contribution in [0.2, 0.25) is 0 Å². The third-order valence-electron chi connectivity index (χ3n) is 6.10. The summed E-state index contributed by atoms with van der Waals surface area (Å²) in [4.78, 5) is 12.3. The van der Waals surface area contributed by atoms with Crippen LogP contribution >= 0.6 is 0 Å². The maximum absolute atomic E-state index is 12.3. The minimum atomic E-state index is -0.0631. The summed E-state index contributed by atoms with van der Waals surface area (Å²) in [6.45, 7) is 0.735. The van der Waals surface area contributed by atoms with Crippen molar-refractivity contribution >= 4 is 5.91 Å². The van der Waals surface area contributed by atoms with Crippen molar-refractivity contribution in [2.24, 2.45) is 5.92 Å². The first-order valence-electron chi connectivity index (χ1n) is 9.93. The third kappa shape index (κ3) is 2.97. The van der Waals surface area contributed by atoms with Gasteiger partial charge in [-0.05, 0) is 46.7 Å². The van der Waals surface area contributed by atoms with Crippen molar-refractivity contribution in [3.8, 4) is 5.75 Å². The Morgan fingerprint density at radius 2 is 1.39 bits per heavy atom. The second-order valence-corrected chi connectivity index (χ2v) is 7.69. The van der Waals surface area contributed by atoms with E-state index in [9.17, 15) is 4.79 Å². The van der Waals surface area contributed by atoms with Crippen molar-refractivity contribution in [2.45, 2.75) is 18.3 Å². The van der Waals surface area contributed by atoms with Gasteiger partial charge in [-0.1, -0.05) is 66.7 Å². The molecule has 28 heavy (non-hydrogen) atoms. The first-order valence-corrected chi connectivity index (χ1v) is 9.93. The molecule has 3 aliphatic rings. The van der Waals surface area contributed by atoms with Gasteiger partial charge in [-0.25, -0.2) is 0 Å². The zero-order valence-corrected chi connectivity index (χ0v) is 15.7. The molecule has 6 rings (SSSR count). The van der Waals surface area contributed by atoms with E-state index in [4.69, 9.17) is 4.74 Å². The molecule has 0 aromatic heterocycles. The Morgan fingerprint density at radius 3 is 2.04 bits per heavy atom. The smallest absolute Gasteiger partial charge is 0.257 e. The molecule has 0 fully saturated rings. The number of amides is 1. The highest BCUT2D eigenvalue weighted by molar-refractivity contribution is 5.77. The number of carbonyl (C=O) groups is 1. The Hall–Kier alpha value is -3.07. The zero-order chi connectivity index (χ0) is 18.9. The molecule has 0 saturated heterocycles. The normalized spacial score (nSPS) is 21.5. The molecule has 3 aromatic carbocycles. The van der Waals surface area contributed by atoms with Crippen LogP contribution in [0, 0.1) is 5.92 Å². The van der Waals surface area contributed by atoms with Gasteiger partial charge in [0, 0.05) is 18.4 Å². The number of benzene rings is 3. The molecule has 0 spiro atoms. The first kappa shape index (κ1) is 17.1. The summed E-state index contributed by atoms with van der Waals surface area (Å²) in [5.41, 5.74) is 5.77. The van der Waals surface area contributed by atoms with E-state index in [1.54, 1.807) is 0 Å². The highest BCUT2D eigenvalue weighted by Crippen LogP contribution is 2.55. The second kappa shape index (κ2) is 7.16. The Balaban J connectivity index is 1.30. The van der Waals surface area contributed by atoms with Gasteiger partial charge in [-0.15, -0.1) is 0 Å². The van der Waals surface area contributed by atoms with E-state index in [2.05, 4.69) is 53.8 Å². The van der Waals surface area contributed by atoms with Crippen molar-refractivity contribution in [3.63, 3.8) is 0 Å². The topological polar surface area (TPSA) is 38.3 Å². The SMILES string of the molecule is O=C(COc1ccccc1)NC[C@H]1CC2c3ccccc3C1c1ccccc12. The van der Waals surface area contributed by atoms with Crippen LogP contribution in [0.5, 0.6) is 5.75 Å². The molecule has 3 aliphatic carbocycles. The molecule has 3 aromatic rings. The minimum Gasteiger partial charge on any atom is -0.484 e. The molecule has 1 N–H and O–H groups in total. The van der Waals surface area contributed by atoms with Gasteiger partial charge < -0.3 is 10.1 Å². The van der Waals surface area contributed by atoms with E-state index in [1.807, 2.05) is 30.3 Å². The molecule has 0 heterocycles. The predicted molar refractivity (Wildman–Crippen MR) is 110 cm³/mol. The quantitative estimate of drug-likeness (QED) is 0.720. The summed E-state index contributed by atoms with van der Waals surface area (Å²) >= 11 is 0. The van der Waals surface area contributed by atoms with Gasteiger partial charge in [0.1, 0.15) is 5.75 Å². The maximum atomic E-state index is 12.3. The van der Waals surface area contributed by atoms with Gasteiger partial charge in [0.2, 0.25) is 0 Å². The van der Waals surface area contributed by atoms with Crippen LogP contribution < -0.4 is 10.1 Å². The Bertz CT molecular complexity index is 951. The molecule has 0 unspecified atom stereocenters. The van der Waals surface area contributed by atoms with Gasteiger partial charge in [0.15, 0.2) is 6.61 Å². The van der Waals surface area contributed by atoms with Crippen LogP contribution in [-0.2, 0) is 4.79 Å². The monoisotopic (exact) mass is 369 g/mol. The van der Waals surface area contributed by atoms with Crippen LogP contribution in [0.4, 0.5) is 0 Å². The van der Waals surface area contributed by atoms with Gasteiger partial charge in [-0.3, -0.25) is 4.79 Å². The summed E-state index contributed by atoms with van der Waals surface area (Å²) in [6.07, 6.45) is 1.08. The Morgan fingerprint density at radius 1 is 0.821 bits per heavy atom. The number of ether oxygens (including phenoxy) is 1. The summed E-state index contributed by atoms with van der Waals surface area (Å²) in [7, 11) is 0. The number of rotatable bonds is 5. The van der Waals surface area contributed by atoms with Gasteiger partial charge in [0.05, 0.1) is 0 Å². The van der Waals surface area contributed by atoms with Crippen molar-refractivity contribution in [1.29, 1.82) is 0 Å². The van der Waals surface area contributed by atoms with Gasteiger partial charge in [0.25, 0.3) is 5.91 Å². The lowest BCUT2D eigenvalue weighted by Crippen LogP contribution is -2.40. The number of fused-ring (bicyclic) bond motifs is 1. The lowest BCUT2D eigenvalue weighted by atomic mass is 9.59. The van der Waals surface area contributed by atoms with Gasteiger partial charge >= 0.3 is 0 Å². The van der Waals surface area contributed by atoms with E-state index in [0.717, 1.165) is 12.2 Å². The van der Waals surface area contributed by atoms with Crippen LogP contribution in [-0.4, -0.2) is 19.1 Å². The number of hydrogen-bond donors (Lipinski definition) is 1. The lowest BCUT2D eigenvalue weighted by molar-refractivity contribution is -0.123. The molecule has 3 heteroatoms. The Kier molecular flexibility index (Phi) is 4.36. The fourth-order valence-electron chi connectivity index (χ4n) is 4.92. The molecule has 3 nitrogen and oxygen atoms in total. The molecule has 0 aliphatic heterocycles. The van der Waals surface area contributed by atoms with Crippen molar-refractivity contribution in [3.05, 3.63) is 101 Å². The fraction of sp³-hybridized carbons (Fsp3) is 0.240. The molecule has 0 saturated carbocycles. The number of hydrogen-bond acceptors (Lipinski definition) is 2. The standard InChI is InChI=1S/C25H23NO2/c27-24(16-28-18-8-2-1-3-9-18)26-15-17-14-23-19-10-4-6-12-21(19)25(17)22-13-7-5-11-20(22)23/h1-13,17,23,25H,14-16H2,(H,26,27)/t17-,23?,25?/m1/s1. The van der Waals surface area contributed by atoms with Gasteiger partial charge in [-0.2, -0.15) is 0 Å². The molecular weight excluding hydrogens is 346 g/mol. The maximum Gasteiger partial charge on any atom is 0.257 e. The van der Waals surface area contributed by atoms with Crippen LogP contribution in [0.3, 0.4) is 0 Å². The minimum absolute atomic E-state index is 0.0536. The van der Waals surface area contributed by atoms with Crippen molar-refractivity contribution < 1.29 is 9.53 Å². The largest absolute Gasteiger partial charge is 0.484 e. The number of carbonyl (C=O) groups excluding carboxylic acids is 1. The lowest BCUT2D eigenvalue weighted by Gasteiger charge is -2.45. The summed E-state index contributed by atoms with van der Waals surface area (Å²) in [5.74, 6) is 1.85. The number of nitrogens with one attached hydrogen (secondary N) is 1. The molecule has 1 atom stereocenters. The van der Waals surface area contributed by atoms with E-state index in [1.165, 1.54) is 22.3 Å². The van der Waals surface area contributed by atoms with E-state index in [0.29, 0.717) is 24.3 Å². The summed E-state index contributed by atoms with van der Waals surface area (Å²) in [6, 6.07) is 27.1. The van der Waals surface area contributed by atoms with Crippen LogP contribution in [0.25, 0.3) is 0 Å². The summed E-state index contributed by atoms with van der Waals surface area (Å²) < 4.78 is 5.57. The average molecular weight is 369 g/mol. The van der Waals surface area contributed by atoms with Crippen LogP contribution in [0.15, 0.2) is 78.9 Å². The van der Waals surface area contributed by atoms with Crippen LogP contribution in [0.1, 0.15) is 40.5 Å². The average Bonchev–Trinajstić information content (AvgIpc) is 2.77. The molecular formula is C25H23NO2. The highest BCUT2D eigenvalue weighted by atomic mass is 16.5. The molecule has 140 valence electrons. The number of para-hydroxylation sites is 1. The predicted octanol–water partition coefficient (Wildman–Crippen LogP) is 4.48. The Labute approximate surface area is 165 Å². The second-order valence-electron chi connectivity index (χ2n) is 7.69. The molecule has 2 bridgehead atoms. The van der Waals surface area contributed by atoms with E-state index < -0.39 is 0 Å². The van der Waals surface area contributed by atoms with E-state index in [-0.39, 0.29) is 12.5 Å². The molecule has 0 radical (unpaired) electrons. The van der Waals surface area contributed by atoms with E-state index >= 15 is 0 Å². The first-order chi connectivity index (χ1) is 13.8. The zero-order valence-electron chi connectivity index (χ0n) is 15.7. The highest BCUT2D eigenvalue weighted by Gasteiger charge is 2.42. The molecule has 1 amide bonds. The summed E-state index contributed by atoms with van der Waals surface area (Å²) in [5, 5.41) is 3.11. The fourth-order valence-corrected chi connectivity index (χ4v) is 4.92. The van der Waals surface area contributed by atoms with Crippen molar-refractivity contribution in [2.75, 3.05) is 13.2 Å². The third-order valence-corrected chi connectivity index (χ3v) is 6.10. The van der Waals surface area contributed by atoms with Crippen molar-refractivity contribution in [1.82, 2.24) is 5.32 Å².